The fraction of sp³-hybridized carbons (Fsp3) is 0.571. The zero-order valence-electron chi connectivity index (χ0n) is 12.3. The van der Waals surface area contributed by atoms with Crippen molar-refractivity contribution >= 4 is 5.91 Å². The van der Waals surface area contributed by atoms with Crippen molar-refractivity contribution in [2.75, 3.05) is 34.9 Å². The third kappa shape index (κ3) is 2.31. The standard InChI is InChI=1S/C14H21N3O3/c1-17(2)8-14(13(15)18)7-9(14)11-10(19-3)5-6-16-12(11)20-4/h5-6,9H,7-8H2,1-4H3,(H2,15,18). The van der Waals surface area contributed by atoms with E-state index in [0.29, 0.717) is 24.6 Å². The van der Waals surface area contributed by atoms with Gasteiger partial charge in [-0.25, -0.2) is 4.98 Å². The number of carbonyl (C=O) groups is 1. The Kier molecular flexibility index (Phi) is 3.85. The van der Waals surface area contributed by atoms with Crippen LogP contribution in [0.25, 0.3) is 0 Å². The summed E-state index contributed by atoms with van der Waals surface area (Å²) in [4.78, 5) is 18.1. The second kappa shape index (κ2) is 5.28. The maximum absolute atomic E-state index is 11.9. The Morgan fingerprint density at radius 1 is 1.50 bits per heavy atom. The number of primary amides is 1. The Morgan fingerprint density at radius 2 is 2.20 bits per heavy atom. The molecule has 0 bridgehead atoms. The quantitative estimate of drug-likeness (QED) is 0.826. The van der Waals surface area contributed by atoms with Crippen molar-refractivity contribution in [2.45, 2.75) is 12.3 Å². The fourth-order valence-corrected chi connectivity index (χ4v) is 2.87. The highest BCUT2D eigenvalue weighted by molar-refractivity contribution is 5.86. The number of ether oxygens (including phenoxy) is 2. The molecule has 2 rings (SSSR count). The van der Waals surface area contributed by atoms with Gasteiger partial charge in [0.1, 0.15) is 5.75 Å². The number of aromatic nitrogens is 1. The number of amides is 1. The first-order valence-electron chi connectivity index (χ1n) is 6.47. The van der Waals surface area contributed by atoms with E-state index in [2.05, 4.69) is 4.98 Å². The van der Waals surface area contributed by atoms with Gasteiger partial charge in [0.05, 0.1) is 25.2 Å². The zero-order valence-corrected chi connectivity index (χ0v) is 12.3. The average Bonchev–Trinajstić information content (AvgIpc) is 3.12. The third-order valence-electron chi connectivity index (χ3n) is 3.84. The highest BCUT2D eigenvalue weighted by Gasteiger charge is 2.61. The van der Waals surface area contributed by atoms with Crippen LogP contribution in [0.4, 0.5) is 0 Å². The molecule has 0 spiro atoms. The molecule has 1 fully saturated rings. The molecular weight excluding hydrogens is 258 g/mol. The number of hydrogen-bond acceptors (Lipinski definition) is 5. The molecule has 2 unspecified atom stereocenters. The molecule has 1 heterocycles. The van der Waals surface area contributed by atoms with E-state index in [9.17, 15) is 4.79 Å². The molecule has 0 radical (unpaired) electrons. The topological polar surface area (TPSA) is 77.7 Å². The molecule has 0 saturated heterocycles. The molecule has 6 nitrogen and oxygen atoms in total. The van der Waals surface area contributed by atoms with E-state index >= 15 is 0 Å². The Labute approximate surface area is 118 Å². The Bertz CT molecular complexity index is 496. The summed E-state index contributed by atoms with van der Waals surface area (Å²) in [5, 5.41) is 0. The Balaban J connectivity index is 2.41. The van der Waals surface area contributed by atoms with Crippen LogP contribution >= 0.6 is 0 Å². The van der Waals surface area contributed by atoms with Crippen molar-refractivity contribution in [3.8, 4) is 11.6 Å². The predicted octanol–water partition coefficient (Wildman–Crippen LogP) is 0.619. The van der Waals surface area contributed by atoms with Gasteiger partial charge in [-0.2, -0.15) is 0 Å². The summed E-state index contributed by atoms with van der Waals surface area (Å²) in [5.74, 6) is 0.880. The normalized spacial score (nSPS) is 24.6. The summed E-state index contributed by atoms with van der Waals surface area (Å²) in [6.07, 6.45) is 2.32. The van der Waals surface area contributed by atoms with Gasteiger partial charge < -0.3 is 20.1 Å². The number of pyridine rings is 1. The molecule has 1 aromatic rings. The van der Waals surface area contributed by atoms with Crippen LogP contribution < -0.4 is 15.2 Å². The molecule has 1 amide bonds. The van der Waals surface area contributed by atoms with E-state index in [0.717, 1.165) is 5.56 Å². The molecule has 2 atom stereocenters. The smallest absolute Gasteiger partial charge is 0.225 e. The maximum Gasteiger partial charge on any atom is 0.225 e. The van der Waals surface area contributed by atoms with Crippen LogP contribution in [0.1, 0.15) is 17.9 Å². The lowest BCUT2D eigenvalue weighted by molar-refractivity contribution is -0.123. The second-order valence-corrected chi connectivity index (χ2v) is 5.45. The van der Waals surface area contributed by atoms with Crippen LogP contribution in [0, 0.1) is 5.41 Å². The van der Waals surface area contributed by atoms with Crippen molar-refractivity contribution in [3.63, 3.8) is 0 Å². The van der Waals surface area contributed by atoms with Crippen LogP contribution in [-0.2, 0) is 4.79 Å². The van der Waals surface area contributed by atoms with Crippen molar-refractivity contribution < 1.29 is 14.3 Å². The van der Waals surface area contributed by atoms with E-state index < -0.39 is 5.41 Å². The first-order valence-corrected chi connectivity index (χ1v) is 6.47. The first kappa shape index (κ1) is 14.6. The maximum atomic E-state index is 11.9. The number of carbonyl (C=O) groups excluding carboxylic acids is 1. The van der Waals surface area contributed by atoms with Crippen molar-refractivity contribution in [2.24, 2.45) is 11.1 Å². The van der Waals surface area contributed by atoms with E-state index in [-0.39, 0.29) is 11.8 Å². The van der Waals surface area contributed by atoms with Crippen LogP contribution in [0.2, 0.25) is 0 Å². The fourth-order valence-electron chi connectivity index (χ4n) is 2.87. The number of hydrogen-bond donors (Lipinski definition) is 1. The predicted molar refractivity (Wildman–Crippen MR) is 74.9 cm³/mol. The van der Waals surface area contributed by atoms with Gasteiger partial charge in [0.2, 0.25) is 11.8 Å². The molecule has 6 heteroatoms. The van der Waals surface area contributed by atoms with Crippen LogP contribution in [0.5, 0.6) is 11.6 Å². The minimum Gasteiger partial charge on any atom is -0.496 e. The number of nitrogens with zero attached hydrogens (tertiary/aromatic N) is 2. The Hall–Kier alpha value is -1.82. The SMILES string of the molecule is COc1ccnc(OC)c1C1CC1(CN(C)C)C(N)=O. The van der Waals surface area contributed by atoms with Gasteiger partial charge in [0, 0.05) is 18.7 Å². The van der Waals surface area contributed by atoms with Crippen LogP contribution in [-0.4, -0.2) is 50.7 Å². The third-order valence-corrected chi connectivity index (χ3v) is 3.84. The summed E-state index contributed by atoms with van der Waals surface area (Å²) < 4.78 is 10.7. The lowest BCUT2D eigenvalue weighted by atomic mass is 9.97. The largest absolute Gasteiger partial charge is 0.496 e. The highest BCUT2D eigenvalue weighted by Crippen LogP contribution is 2.62. The van der Waals surface area contributed by atoms with Gasteiger partial charge in [-0.3, -0.25) is 4.79 Å². The van der Waals surface area contributed by atoms with Gasteiger partial charge in [0.15, 0.2) is 0 Å². The minimum absolute atomic E-state index is 0.0130. The summed E-state index contributed by atoms with van der Waals surface area (Å²) in [6, 6.07) is 1.78. The van der Waals surface area contributed by atoms with Crippen molar-refractivity contribution in [1.29, 1.82) is 0 Å². The molecule has 2 N–H and O–H groups in total. The summed E-state index contributed by atoms with van der Waals surface area (Å²) >= 11 is 0. The van der Waals surface area contributed by atoms with Crippen LogP contribution in [0.3, 0.4) is 0 Å². The zero-order chi connectivity index (χ0) is 14.9. The molecule has 0 aliphatic heterocycles. The van der Waals surface area contributed by atoms with Crippen LogP contribution in [0.15, 0.2) is 12.3 Å². The van der Waals surface area contributed by atoms with Crippen molar-refractivity contribution in [3.05, 3.63) is 17.8 Å². The van der Waals surface area contributed by atoms with Gasteiger partial charge in [-0.15, -0.1) is 0 Å². The van der Waals surface area contributed by atoms with Crippen molar-refractivity contribution in [1.82, 2.24) is 9.88 Å². The monoisotopic (exact) mass is 279 g/mol. The second-order valence-electron chi connectivity index (χ2n) is 5.45. The van der Waals surface area contributed by atoms with Gasteiger partial charge in [-0.1, -0.05) is 0 Å². The minimum atomic E-state index is -0.562. The Morgan fingerprint density at radius 3 is 2.70 bits per heavy atom. The molecule has 1 aliphatic rings. The molecule has 1 aromatic heterocycles. The summed E-state index contributed by atoms with van der Waals surface area (Å²) in [6.45, 7) is 0.605. The molecule has 1 saturated carbocycles. The van der Waals surface area contributed by atoms with Gasteiger partial charge in [0.25, 0.3) is 0 Å². The van der Waals surface area contributed by atoms with Gasteiger partial charge in [-0.05, 0) is 26.6 Å². The first-order chi connectivity index (χ1) is 9.46. The molecular formula is C14H21N3O3. The van der Waals surface area contributed by atoms with E-state index in [4.69, 9.17) is 15.2 Å². The van der Waals surface area contributed by atoms with E-state index in [1.54, 1.807) is 26.5 Å². The number of nitrogens with two attached hydrogens (primary N) is 1. The molecule has 20 heavy (non-hydrogen) atoms. The highest BCUT2D eigenvalue weighted by atomic mass is 16.5. The molecule has 0 aromatic carbocycles. The van der Waals surface area contributed by atoms with E-state index in [1.165, 1.54) is 0 Å². The van der Waals surface area contributed by atoms with E-state index in [1.807, 2.05) is 19.0 Å². The lowest BCUT2D eigenvalue weighted by Gasteiger charge is -2.20. The summed E-state index contributed by atoms with van der Waals surface area (Å²) in [7, 11) is 7.01. The summed E-state index contributed by atoms with van der Waals surface area (Å²) in [5.41, 5.74) is 5.89. The lowest BCUT2D eigenvalue weighted by Crippen LogP contribution is -2.35. The molecule has 110 valence electrons. The number of rotatable bonds is 6. The average molecular weight is 279 g/mol. The van der Waals surface area contributed by atoms with Gasteiger partial charge >= 0.3 is 0 Å². The number of methoxy groups -OCH3 is 2. The molecule has 1 aliphatic carbocycles.